The molecule has 36 heavy (non-hydrogen) atoms. The van der Waals surface area contributed by atoms with Crippen LogP contribution in [-0.4, -0.2) is 54.0 Å². The van der Waals surface area contributed by atoms with Gasteiger partial charge in [-0.25, -0.2) is 9.97 Å². The van der Waals surface area contributed by atoms with Crippen molar-refractivity contribution in [2.24, 2.45) is 5.10 Å². The number of aldehydes is 1. The molecule has 0 fully saturated rings. The number of hydrogen-bond donors (Lipinski definition) is 1. The van der Waals surface area contributed by atoms with E-state index in [1.165, 1.54) is 12.4 Å². The summed E-state index contributed by atoms with van der Waals surface area (Å²) in [7, 11) is 0. The van der Waals surface area contributed by atoms with Gasteiger partial charge in [0.2, 0.25) is 12.1 Å². The van der Waals surface area contributed by atoms with Crippen LogP contribution in [0.25, 0.3) is 0 Å². The van der Waals surface area contributed by atoms with E-state index in [2.05, 4.69) is 15.3 Å². The highest BCUT2D eigenvalue weighted by Gasteiger charge is 2.31. The quantitative estimate of drug-likeness (QED) is 0.345. The zero-order valence-corrected chi connectivity index (χ0v) is 20.3. The van der Waals surface area contributed by atoms with Crippen LogP contribution in [0.3, 0.4) is 0 Å². The summed E-state index contributed by atoms with van der Waals surface area (Å²) >= 11 is -2.17. The number of benzene rings is 2. The summed E-state index contributed by atoms with van der Waals surface area (Å²) in [4.78, 5) is 31.9. The maximum absolute atomic E-state index is 12.3. The lowest BCUT2D eigenvalue weighted by atomic mass is 10.0. The van der Waals surface area contributed by atoms with Gasteiger partial charge in [0, 0.05) is 29.4 Å². The molecule has 1 amide bonds. The fourth-order valence-electron chi connectivity index (χ4n) is 3.72. The predicted octanol–water partition coefficient (Wildman–Crippen LogP) is 2.65. The van der Waals surface area contributed by atoms with Crippen LogP contribution in [0.5, 0.6) is 0 Å². The van der Waals surface area contributed by atoms with E-state index >= 15 is 0 Å². The molecule has 0 bridgehead atoms. The van der Waals surface area contributed by atoms with E-state index in [1.807, 2.05) is 19.1 Å². The summed E-state index contributed by atoms with van der Waals surface area (Å²) in [6, 6.07) is 15.9. The molecular weight excluding hydrogens is 482 g/mol. The first kappa shape index (κ1) is 25.3. The number of ether oxygens (including phenoxy) is 1. The smallest absolute Gasteiger partial charge is 0.293 e. The van der Waals surface area contributed by atoms with Gasteiger partial charge in [0.1, 0.15) is 6.10 Å². The van der Waals surface area contributed by atoms with Crippen molar-refractivity contribution in [1.82, 2.24) is 15.0 Å². The van der Waals surface area contributed by atoms with Crippen molar-refractivity contribution in [2.75, 3.05) is 5.32 Å². The molecule has 3 atom stereocenters. The van der Waals surface area contributed by atoms with E-state index in [1.54, 1.807) is 47.5 Å². The van der Waals surface area contributed by atoms with Crippen molar-refractivity contribution in [3.63, 3.8) is 0 Å². The van der Waals surface area contributed by atoms with Crippen LogP contribution in [0, 0.1) is 0 Å². The van der Waals surface area contributed by atoms with Crippen molar-refractivity contribution in [3.8, 4) is 0 Å². The number of aromatic nitrogens is 2. The third-order valence-electron chi connectivity index (χ3n) is 5.49. The van der Waals surface area contributed by atoms with E-state index in [0.717, 1.165) is 11.1 Å². The topological polar surface area (TPSA) is 137 Å². The van der Waals surface area contributed by atoms with Gasteiger partial charge in [-0.3, -0.25) is 18.8 Å². The van der Waals surface area contributed by atoms with Crippen LogP contribution in [0.4, 0.5) is 5.69 Å². The third-order valence-corrected chi connectivity index (χ3v) is 6.05. The van der Waals surface area contributed by atoms with Crippen LogP contribution in [-0.2, 0) is 32.9 Å². The monoisotopic (exact) mass is 506 g/mol. The Bertz CT molecular complexity index is 1250. The molecule has 3 aromatic rings. The first-order valence-electron chi connectivity index (χ1n) is 11.2. The lowest BCUT2D eigenvalue weighted by Crippen LogP contribution is -2.45. The fraction of sp³-hybridized carbons (Fsp3) is 0.240. The van der Waals surface area contributed by atoms with Gasteiger partial charge in [0.25, 0.3) is 5.91 Å². The number of carbonyl (C=O) groups excluding carboxylic acids is 2. The first-order chi connectivity index (χ1) is 17.5. The molecule has 1 aromatic heterocycles. The van der Waals surface area contributed by atoms with Crippen LogP contribution in [0.15, 0.2) is 72.1 Å². The number of hydrogen-bond acceptors (Lipinski definition) is 9. The maximum Gasteiger partial charge on any atom is 0.293 e. The standard InChI is InChI=1S/C25H25N5O5S/c1-2-21-23(19-8-4-18(5-9-19)16-36(33)34)29-30(22(15-31)35-21)14-17-6-10-20(11-7-17)28-25(32)24-26-12-3-13-27-24/h3-13,15,21-22H,2,14,16H2,1H3,(H,28,32)(H,33,34)/p-1. The van der Waals surface area contributed by atoms with Gasteiger partial charge in [0.05, 0.1) is 12.3 Å². The van der Waals surface area contributed by atoms with E-state index in [9.17, 15) is 18.4 Å². The molecule has 1 aliphatic heterocycles. The van der Waals surface area contributed by atoms with Crippen LogP contribution >= 0.6 is 0 Å². The summed E-state index contributed by atoms with van der Waals surface area (Å²) in [5.41, 5.74) is 3.55. The van der Waals surface area contributed by atoms with Gasteiger partial charge in [-0.2, -0.15) is 5.10 Å². The summed E-state index contributed by atoms with van der Waals surface area (Å²) in [6.45, 7) is 2.24. The second-order valence-electron chi connectivity index (χ2n) is 8.01. The average molecular weight is 507 g/mol. The number of anilines is 1. The number of rotatable bonds is 9. The highest BCUT2D eigenvalue weighted by molar-refractivity contribution is 7.78. The Morgan fingerprint density at radius 3 is 2.39 bits per heavy atom. The van der Waals surface area contributed by atoms with Crippen molar-refractivity contribution < 1.29 is 23.1 Å². The molecule has 0 aliphatic carbocycles. The lowest BCUT2D eigenvalue weighted by molar-refractivity contribution is -0.139. The first-order valence-corrected chi connectivity index (χ1v) is 12.5. The maximum atomic E-state index is 12.3. The minimum atomic E-state index is -2.17. The molecule has 186 valence electrons. The third kappa shape index (κ3) is 6.25. The van der Waals surface area contributed by atoms with Crippen molar-refractivity contribution in [1.29, 1.82) is 0 Å². The minimum Gasteiger partial charge on any atom is -0.772 e. The molecule has 3 unspecified atom stereocenters. The molecule has 1 N–H and O–H groups in total. The van der Waals surface area contributed by atoms with Crippen molar-refractivity contribution in [2.45, 2.75) is 38.0 Å². The van der Waals surface area contributed by atoms with Gasteiger partial charge in [0.15, 0.2) is 6.29 Å². The second-order valence-corrected chi connectivity index (χ2v) is 8.91. The molecule has 1 aliphatic rings. The minimum absolute atomic E-state index is 0.0609. The van der Waals surface area contributed by atoms with Gasteiger partial charge in [-0.05, 0) is 35.7 Å². The van der Waals surface area contributed by atoms with E-state index in [0.29, 0.717) is 36.2 Å². The number of nitrogens with zero attached hydrogens (tertiary/aromatic N) is 4. The van der Waals surface area contributed by atoms with Gasteiger partial charge < -0.3 is 14.6 Å². The Labute approximate surface area is 210 Å². The molecule has 2 aromatic carbocycles. The zero-order valence-electron chi connectivity index (χ0n) is 19.4. The molecule has 0 radical (unpaired) electrons. The zero-order chi connectivity index (χ0) is 25.5. The molecular formula is C25H24N5O5S-. The average Bonchev–Trinajstić information content (AvgIpc) is 2.90. The van der Waals surface area contributed by atoms with Crippen molar-refractivity contribution in [3.05, 3.63) is 89.5 Å². The number of hydrazone groups is 1. The molecule has 0 saturated carbocycles. The molecule has 4 rings (SSSR count). The summed E-state index contributed by atoms with van der Waals surface area (Å²) in [5, 5.41) is 9.05. The van der Waals surface area contributed by atoms with E-state index < -0.39 is 23.2 Å². The summed E-state index contributed by atoms with van der Waals surface area (Å²) in [5.74, 6) is -0.405. The second kappa shape index (κ2) is 11.8. The van der Waals surface area contributed by atoms with E-state index in [4.69, 9.17) is 9.84 Å². The Morgan fingerprint density at radius 1 is 1.11 bits per heavy atom. The van der Waals surface area contributed by atoms with Crippen molar-refractivity contribution >= 4 is 34.7 Å². The van der Waals surface area contributed by atoms with Gasteiger partial charge >= 0.3 is 0 Å². The number of carbonyl (C=O) groups is 2. The molecule has 10 nitrogen and oxygen atoms in total. The Hall–Kier alpha value is -3.80. The Balaban J connectivity index is 1.50. The summed E-state index contributed by atoms with van der Waals surface area (Å²) < 4.78 is 28.0. The molecule has 0 spiro atoms. The van der Waals surface area contributed by atoms with E-state index in [-0.39, 0.29) is 17.7 Å². The Morgan fingerprint density at radius 2 is 1.78 bits per heavy atom. The molecule has 2 heterocycles. The summed E-state index contributed by atoms with van der Waals surface area (Å²) in [6.07, 6.45) is 3.09. The lowest BCUT2D eigenvalue weighted by Gasteiger charge is -2.35. The largest absolute Gasteiger partial charge is 0.772 e. The number of nitrogens with one attached hydrogen (secondary N) is 1. The van der Waals surface area contributed by atoms with Crippen LogP contribution < -0.4 is 5.32 Å². The number of amides is 1. The van der Waals surface area contributed by atoms with Gasteiger partial charge in [-0.1, -0.05) is 54.4 Å². The van der Waals surface area contributed by atoms with Gasteiger partial charge in [-0.15, -0.1) is 0 Å². The SMILES string of the molecule is CCC1OC(C=O)N(Cc2ccc(NC(=O)c3ncccn3)cc2)N=C1c1ccc(CS(=O)[O-])cc1. The highest BCUT2D eigenvalue weighted by Crippen LogP contribution is 2.23. The van der Waals surface area contributed by atoms with Crippen LogP contribution in [0.2, 0.25) is 0 Å². The molecule has 11 heteroatoms. The predicted molar refractivity (Wildman–Crippen MR) is 133 cm³/mol. The Kier molecular flexibility index (Phi) is 8.26. The molecule has 0 saturated heterocycles. The van der Waals surface area contributed by atoms with Crippen LogP contribution in [0.1, 0.15) is 40.7 Å². The highest BCUT2D eigenvalue weighted by atomic mass is 32.2. The fourth-order valence-corrected chi connectivity index (χ4v) is 4.18. The normalized spacial score (nSPS) is 18.3.